The molecule has 1 saturated carbocycles. The number of ether oxygens (including phenoxy) is 1. The van der Waals surface area contributed by atoms with E-state index in [9.17, 15) is 9.90 Å². The van der Waals surface area contributed by atoms with E-state index in [0.29, 0.717) is 32.2 Å². The second kappa shape index (κ2) is 5.77. The van der Waals surface area contributed by atoms with Gasteiger partial charge in [-0.05, 0) is 19.3 Å². The number of nitrogens with zero attached hydrogens (tertiary/aromatic N) is 2. The molecule has 1 N–H and O–H groups in total. The molecule has 0 radical (unpaired) electrons. The number of β-amino-alcohol motifs (C(OH)–C–C–N with tert-alkyl or cyclic N) is 1. The van der Waals surface area contributed by atoms with Crippen LogP contribution in [-0.4, -0.2) is 71.8 Å². The van der Waals surface area contributed by atoms with Gasteiger partial charge >= 0.3 is 0 Å². The van der Waals surface area contributed by atoms with Gasteiger partial charge in [-0.3, -0.25) is 9.69 Å². The van der Waals surface area contributed by atoms with Crippen molar-refractivity contribution in [2.45, 2.75) is 50.3 Å². The van der Waals surface area contributed by atoms with Crippen molar-refractivity contribution in [3.05, 3.63) is 0 Å². The molecule has 2 aliphatic heterocycles. The van der Waals surface area contributed by atoms with E-state index >= 15 is 0 Å². The third-order valence-corrected chi connectivity index (χ3v) is 4.72. The molecular weight excluding hydrogens is 244 g/mol. The fourth-order valence-corrected chi connectivity index (χ4v) is 3.66. The minimum absolute atomic E-state index is 0.123. The molecule has 0 spiro atoms. The lowest BCUT2D eigenvalue weighted by Crippen LogP contribution is -2.57. The highest BCUT2D eigenvalue weighted by atomic mass is 16.5. The SMILES string of the molecule is O=C(C1COCCN1C1CCCC1)N1CC[C@H](O)C1. The molecular formula is C14H24N2O3. The quantitative estimate of drug-likeness (QED) is 0.778. The Morgan fingerprint density at radius 3 is 2.63 bits per heavy atom. The first-order valence-electron chi connectivity index (χ1n) is 7.56. The first-order chi connectivity index (χ1) is 9.25. The average molecular weight is 268 g/mol. The number of hydrogen-bond donors (Lipinski definition) is 1. The molecule has 3 aliphatic rings. The van der Waals surface area contributed by atoms with Gasteiger partial charge in [-0.15, -0.1) is 0 Å². The predicted molar refractivity (Wildman–Crippen MR) is 70.8 cm³/mol. The lowest BCUT2D eigenvalue weighted by atomic mass is 10.1. The van der Waals surface area contributed by atoms with Crippen LogP contribution >= 0.6 is 0 Å². The van der Waals surface area contributed by atoms with Crippen LogP contribution in [-0.2, 0) is 9.53 Å². The van der Waals surface area contributed by atoms with Crippen LogP contribution in [0.1, 0.15) is 32.1 Å². The molecule has 19 heavy (non-hydrogen) atoms. The maximum Gasteiger partial charge on any atom is 0.242 e. The van der Waals surface area contributed by atoms with Gasteiger partial charge < -0.3 is 14.7 Å². The molecule has 0 bridgehead atoms. The van der Waals surface area contributed by atoms with Gasteiger partial charge in [-0.1, -0.05) is 12.8 Å². The van der Waals surface area contributed by atoms with E-state index in [0.717, 1.165) is 13.2 Å². The van der Waals surface area contributed by atoms with Crippen molar-refractivity contribution in [2.24, 2.45) is 0 Å². The number of aliphatic hydroxyl groups excluding tert-OH is 1. The zero-order valence-corrected chi connectivity index (χ0v) is 11.5. The molecule has 2 saturated heterocycles. The lowest BCUT2D eigenvalue weighted by molar-refractivity contribution is -0.144. The summed E-state index contributed by atoms with van der Waals surface area (Å²) >= 11 is 0. The van der Waals surface area contributed by atoms with Crippen LogP contribution in [0.5, 0.6) is 0 Å². The van der Waals surface area contributed by atoms with Crippen LogP contribution in [0.4, 0.5) is 0 Å². The molecule has 3 fully saturated rings. The second-order valence-electron chi connectivity index (χ2n) is 5.99. The van der Waals surface area contributed by atoms with E-state index in [4.69, 9.17) is 4.74 Å². The van der Waals surface area contributed by atoms with Gasteiger partial charge in [-0.2, -0.15) is 0 Å². The predicted octanol–water partition coefficient (Wildman–Crippen LogP) is 0.223. The summed E-state index contributed by atoms with van der Waals surface area (Å²) in [5.74, 6) is 0.156. The molecule has 5 nitrogen and oxygen atoms in total. The van der Waals surface area contributed by atoms with Crippen molar-refractivity contribution >= 4 is 5.91 Å². The number of aliphatic hydroxyl groups is 1. The minimum atomic E-state index is -0.339. The third kappa shape index (κ3) is 2.78. The smallest absolute Gasteiger partial charge is 0.242 e. The van der Waals surface area contributed by atoms with Gasteiger partial charge in [0.1, 0.15) is 6.04 Å². The summed E-state index contributed by atoms with van der Waals surface area (Å²) < 4.78 is 5.53. The van der Waals surface area contributed by atoms with Crippen molar-refractivity contribution in [2.75, 3.05) is 32.8 Å². The summed E-state index contributed by atoms with van der Waals surface area (Å²) in [4.78, 5) is 16.8. The number of carbonyl (C=O) groups is 1. The molecule has 0 aromatic heterocycles. The van der Waals surface area contributed by atoms with Crippen molar-refractivity contribution < 1.29 is 14.6 Å². The van der Waals surface area contributed by atoms with Crippen molar-refractivity contribution in [1.29, 1.82) is 0 Å². The van der Waals surface area contributed by atoms with E-state index in [-0.39, 0.29) is 18.1 Å². The van der Waals surface area contributed by atoms with Crippen molar-refractivity contribution in [1.82, 2.24) is 9.80 Å². The third-order valence-electron chi connectivity index (χ3n) is 4.72. The summed E-state index contributed by atoms with van der Waals surface area (Å²) in [6, 6.07) is 0.438. The van der Waals surface area contributed by atoms with E-state index in [1.54, 1.807) is 0 Å². The first-order valence-corrected chi connectivity index (χ1v) is 7.56. The minimum Gasteiger partial charge on any atom is -0.391 e. The maximum atomic E-state index is 12.6. The standard InChI is InChI=1S/C14H24N2O3/c17-12-5-6-15(9-12)14(18)13-10-19-8-7-16(13)11-3-1-2-4-11/h11-13,17H,1-10H2/t12-,13?/m0/s1. The topological polar surface area (TPSA) is 53.0 Å². The Bertz CT molecular complexity index is 331. The van der Waals surface area contributed by atoms with Crippen LogP contribution in [0, 0.1) is 0 Å². The Labute approximate surface area is 114 Å². The van der Waals surface area contributed by atoms with E-state index < -0.39 is 0 Å². The van der Waals surface area contributed by atoms with Crippen LogP contribution in [0.15, 0.2) is 0 Å². The monoisotopic (exact) mass is 268 g/mol. The van der Waals surface area contributed by atoms with E-state index in [2.05, 4.69) is 4.90 Å². The number of amides is 1. The summed E-state index contributed by atoms with van der Waals surface area (Å²) in [6.07, 6.45) is 5.37. The summed E-state index contributed by atoms with van der Waals surface area (Å²) in [5, 5.41) is 9.59. The second-order valence-corrected chi connectivity index (χ2v) is 5.99. The molecule has 2 heterocycles. The van der Waals surface area contributed by atoms with Crippen LogP contribution in [0.25, 0.3) is 0 Å². The van der Waals surface area contributed by atoms with E-state index in [1.165, 1.54) is 25.7 Å². The number of rotatable bonds is 2. The Balaban J connectivity index is 1.67. The molecule has 5 heteroatoms. The molecule has 1 aliphatic carbocycles. The highest BCUT2D eigenvalue weighted by molar-refractivity contribution is 5.82. The van der Waals surface area contributed by atoms with Gasteiger partial charge in [0.15, 0.2) is 0 Å². The Kier molecular flexibility index (Phi) is 4.05. The number of likely N-dealkylation sites (tertiary alicyclic amines) is 1. The van der Waals surface area contributed by atoms with Gasteiger partial charge in [0, 0.05) is 25.7 Å². The molecule has 0 aromatic rings. The van der Waals surface area contributed by atoms with Gasteiger partial charge in [-0.25, -0.2) is 0 Å². The van der Waals surface area contributed by atoms with Crippen molar-refractivity contribution in [3.8, 4) is 0 Å². The zero-order valence-electron chi connectivity index (χ0n) is 11.5. The first kappa shape index (κ1) is 13.3. The number of morpholine rings is 1. The fraction of sp³-hybridized carbons (Fsp3) is 0.929. The molecule has 1 unspecified atom stereocenters. The highest BCUT2D eigenvalue weighted by Gasteiger charge is 2.38. The normalized spacial score (nSPS) is 34.1. The summed E-state index contributed by atoms with van der Waals surface area (Å²) in [6.45, 7) is 3.31. The Hall–Kier alpha value is -0.650. The molecule has 3 rings (SSSR count). The molecule has 1 amide bonds. The Morgan fingerprint density at radius 2 is 1.95 bits per heavy atom. The number of hydrogen-bond acceptors (Lipinski definition) is 4. The number of carbonyl (C=O) groups excluding carboxylic acids is 1. The summed E-state index contributed by atoms with van der Waals surface area (Å²) in [7, 11) is 0. The summed E-state index contributed by atoms with van der Waals surface area (Å²) in [5.41, 5.74) is 0. The molecule has 0 aromatic carbocycles. The molecule has 108 valence electrons. The van der Waals surface area contributed by atoms with Crippen LogP contribution in [0.2, 0.25) is 0 Å². The largest absolute Gasteiger partial charge is 0.391 e. The van der Waals surface area contributed by atoms with Crippen LogP contribution in [0.3, 0.4) is 0 Å². The lowest BCUT2D eigenvalue weighted by Gasteiger charge is -2.40. The van der Waals surface area contributed by atoms with Crippen LogP contribution < -0.4 is 0 Å². The maximum absolute atomic E-state index is 12.6. The molecule has 2 atom stereocenters. The van der Waals surface area contributed by atoms with Gasteiger partial charge in [0.25, 0.3) is 0 Å². The Morgan fingerprint density at radius 1 is 1.16 bits per heavy atom. The highest BCUT2D eigenvalue weighted by Crippen LogP contribution is 2.27. The van der Waals surface area contributed by atoms with Crippen molar-refractivity contribution in [3.63, 3.8) is 0 Å². The van der Waals surface area contributed by atoms with E-state index in [1.807, 2.05) is 4.90 Å². The zero-order chi connectivity index (χ0) is 13.2. The van der Waals surface area contributed by atoms with Gasteiger partial charge in [0.05, 0.1) is 19.3 Å². The fourth-order valence-electron chi connectivity index (χ4n) is 3.66. The average Bonchev–Trinajstić information content (AvgIpc) is 3.09. The van der Waals surface area contributed by atoms with Gasteiger partial charge in [0.2, 0.25) is 5.91 Å².